The third-order valence-corrected chi connectivity index (χ3v) is 0.917. The normalized spacial score (nSPS) is 8.70. The SMILES string of the molecule is N#Cc1cnc([O-])nc1N. The number of rotatable bonds is 0. The molecule has 0 atom stereocenters. The molecule has 5 heteroatoms. The van der Waals surface area contributed by atoms with E-state index in [1.165, 1.54) is 0 Å². The predicted molar refractivity (Wildman–Crippen MR) is 30.6 cm³/mol. The molecule has 0 saturated carbocycles. The summed E-state index contributed by atoms with van der Waals surface area (Å²) in [6.07, 6.45) is 1.10. The summed E-state index contributed by atoms with van der Waals surface area (Å²) in [4.78, 5) is 6.47. The number of nitrogen functional groups attached to an aromatic ring is 1. The molecule has 50 valence electrons. The van der Waals surface area contributed by atoms with Crippen LogP contribution in [0.15, 0.2) is 6.20 Å². The fraction of sp³-hybridized carbons (Fsp3) is 0. The molecule has 2 N–H and O–H groups in total. The molecule has 0 aromatic carbocycles. The number of nitriles is 1. The Kier molecular flexibility index (Phi) is 1.38. The van der Waals surface area contributed by atoms with Crippen LogP contribution in [0.2, 0.25) is 0 Å². The van der Waals surface area contributed by atoms with Gasteiger partial charge in [0.1, 0.15) is 17.5 Å². The first kappa shape index (κ1) is 6.29. The molecular weight excluding hydrogens is 132 g/mol. The Morgan fingerprint density at radius 1 is 1.70 bits per heavy atom. The molecule has 1 heterocycles. The highest BCUT2D eigenvalue weighted by molar-refractivity contribution is 5.46. The smallest absolute Gasteiger partial charge is 0.144 e. The lowest BCUT2D eigenvalue weighted by molar-refractivity contribution is -0.281. The van der Waals surface area contributed by atoms with Gasteiger partial charge in [0.15, 0.2) is 0 Å². The van der Waals surface area contributed by atoms with Gasteiger partial charge < -0.3 is 10.8 Å². The predicted octanol–water partition coefficient (Wildman–Crippen LogP) is -0.996. The minimum atomic E-state index is -0.670. The molecule has 1 rings (SSSR count). The fourth-order valence-electron chi connectivity index (χ4n) is 0.464. The molecule has 10 heavy (non-hydrogen) atoms. The summed E-state index contributed by atoms with van der Waals surface area (Å²) < 4.78 is 0. The first-order chi connectivity index (χ1) is 4.74. The van der Waals surface area contributed by atoms with Gasteiger partial charge in [-0.05, 0) is 0 Å². The van der Waals surface area contributed by atoms with E-state index in [0.29, 0.717) is 0 Å². The Labute approximate surface area is 56.8 Å². The van der Waals surface area contributed by atoms with E-state index in [9.17, 15) is 5.11 Å². The van der Waals surface area contributed by atoms with Crippen LogP contribution in [0.5, 0.6) is 6.01 Å². The van der Waals surface area contributed by atoms with E-state index in [1.54, 1.807) is 6.07 Å². The average molecular weight is 135 g/mol. The van der Waals surface area contributed by atoms with Gasteiger partial charge in [-0.25, -0.2) is 4.98 Å². The Hall–Kier alpha value is -1.83. The van der Waals surface area contributed by atoms with Crippen molar-refractivity contribution in [1.29, 1.82) is 5.26 Å². The van der Waals surface area contributed by atoms with Crippen LogP contribution >= 0.6 is 0 Å². The van der Waals surface area contributed by atoms with Crippen LogP contribution in [0.3, 0.4) is 0 Å². The van der Waals surface area contributed by atoms with Crippen LogP contribution in [-0.4, -0.2) is 9.97 Å². The molecule has 0 unspecified atom stereocenters. The monoisotopic (exact) mass is 135 g/mol. The molecule has 0 amide bonds. The van der Waals surface area contributed by atoms with E-state index in [0.717, 1.165) is 6.20 Å². The summed E-state index contributed by atoms with van der Waals surface area (Å²) in [5.74, 6) is -0.0671. The van der Waals surface area contributed by atoms with Gasteiger partial charge in [0.25, 0.3) is 0 Å². The van der Waals surface area contributed by atoms with Gasteiger partial charge in [-0.1, -0.05) is 0 Å². The zero-order chi connectivity index (χ0) is 7.56. The molecule has 0 radical (unpaired) electrons. The summed E-state index contributed by atoms with van der Waals surface area (Å²) >= 11 is 0. The topological polar surface area (TPSA) is 98.6 Å². The van der Waals surface area contributed by atoms with Crippen LogP contribution in [0.25, 0.3) is 0 Å². The summed E-state index contributed by atoms with van der Waals surface area (Å²) in [6.45, 7) is 0. The summed E-state index contributed by atoms with van der Waals surface area (Å²) in [6, 6.07) is 1.06. The first-order valence-electron chi connectivity index (χ1n) is 2.43. The van der Waals surface area contributed by atoms with Crippen LogP contribution in [0.1, 0.15) is 5.56 Å². The van der Waals surface area contributed by atoms with Crippen molar-refractivity contribution in [3.63, 3.8) is 0 Å². The molecule has 0 aliphatic carbocycles. The highest BCUT2D eigenvalue weighted by Crippen LogP contribution is 2.05. The molecule has 0 bridgehead atoms. The molecule has 0 saturated heterocycles. The maximum atomic E-state index is 10.3. The number of nitrogens with zero attached hydrogens (tertiary/aromatic N) is 3. The lowest BCUT2D eigenvalue weighted by Crippen LogP contribution is -2.02. The zero-order valence-electron chi connectivity index (χ0n) is 4.90. The van der Waals surface area contributed by atoms with Crippen molar-refractivity contribution in [2.24, 2.45) is 0 Å². The minimum absolute atomic E-state index is 0.0671. The van der Waals surface area contributed by atoms with Gasteiger partial charge in [-0.2, -0.15) is 5.26 Å². The van der Waals surface area contributed by atoms with Gasteiger partial charge in [0.05, 0.1) is 6.01 Å². The maximum Gasteiger partial charge on any atom is 0.144 e. The van der Waals surface area contributed by atoms with Crippen molar-refractivity contribution in [1.82, 2.24) is 9.97 Å². The van der Waals surface area contributed by atoms with E-state index in [-0.39, 0.29) is 11.4 Å². The molecule has 0 fully saturated rings. The van der Waals surface area contributed by atoms with Crippen molar-refractivity contribution in [3.8, 4) is 12.1 Å². The number of nitrogens with two attached hydrogens (primary N) is 1. The molecule has 0 aliphatic heterocycles. The second-order valence-electron chi connectivity index (χ2n) is 1.56. The van der Waals surface area contributed by atoms with Crippen molar-refractivity contribution >= 4 is 5.82 Å². The second kappa shape index (κ2) is 2.19. The van der Waals surface area contributed by atoms with Gasteiger partial charge in [0.2, 0.25) is 0 Å². The zero-order valence-corrected chi connectivity index (χ0v) is 4.90. The van der Waals surface area contributed by atoms with Crippen molar-refractivity contribution < 1.29 is 5.11 Å². The average Bonchev–Trinajstić information content (AvgIpc) is 1.88. The van der Waals surface area contributed by atoms with Crippen molar-refractivity contribution in [2.75, 3.05) is 5.73 Å². The van der Waals surface area contributed by atoms with E-state index >= 15 is 0 Å². The van der Waals surface area contributed by atoms with Crippen LogP contribution < -0.4 is 10.8 Å². The largest absolute Gasteiger partial charge is 0.844 e. The summed E-state index contributed by atoms with van der Waals surface area (Å²) in [5.41, 5.74) is 5.28. The molecule has 0 spiro atoms. The molecule has 5 nitrogen and oxygen atoms in total. The maximum absolute atomic E-state index is 10.3. The van der Waals surface area contributed by atoms with Crippen LogP contribution in [0.4, 0.5) is 5.82 Å². The summed E-state index contributed by atoms with van der Waals surface area (Å²) in [7, 11) is 0. The Morgan fingerprint density at radius 2 is 2.40 bits per heavy atom. The van der Waals surface area contributed by atoms with Crippen molar-refractivity contribution in [3.05, 3.63) is 11.8 Å². The Balaban J connectivity index is 3.23. The number of hydrogen-bond donors (Lipinski definition) is 1. The number of aromatic nitrogens is 2. The third-order valence-electron chi connectivity index (χ3n) is 0.917. The quantitative estimate of drug-likeness (QED) is 0.492. The lowest BCUT2D eigenvalue weighted by Gasteiger charge is -2.02. The van der Waals surface area contributed by atoms with Crippen molar-refractivity contribution in [2.45, 2.75) is 0 Å². The first-order valence-corrected chi connectivity index (χ1v) is 2.43. The Bertz CT molecular complexity index is 290. The second-order valence-corrected chi connectivity index (χ2v) is 1.56. The fourth-order valence-corrected chi connectivity index (χ4v) is 0.464. The molecular formula is C5H3N4O-. The summed E-state index contributed by atoms with van der Waals surface area (Å²) in [5, 5.41) is 18.6. The van der Waals surface area contributed by atoms with Gasteiger partial charge >= 0.3 is 0 Å². The number of hydrogen-bond acceptors (Lipinski definition) is 5. The lowest BCUT2D eigenvalue weighted by atomic mass is 10.3. The Morgan fingerprint density at radius 3 is 2.90 bits per heavy atom. The standard InChI is InChI=1S/C5H4N4O/c6-1-3-2-8-5(10)9-4(3)7/h2H,(H3,7,8,9,10)/p-1. The third kappa shape index (κ3) is 0.951. The minimum Gasteiger partial charge on any atom is -0.844 e. The van der Waals surface area contributed by atoms with Gasteiger partial charge in [0, 0.05) is 6.20 Å². The highest BCUT2D eigenvalue weighted by atomic mass is 16.3. The molecule has 1 aromatic heterocycles. The van der Waals surface area contributed by atoms with E-state index in [1.807, 2.05) is 0 Å². The van der Waals surface area contributed by atoms with Gasteiger partial charge in [-0.15, -0.1) is 0 Å². The highest BCUT2D eigenvalue weighted by Gasteiger charge is 1.95. The van der Waals surface area contributed by atoms with E-state index < -0.39 is 6.01 Å². The molecule has 1 aromatic rings. The van der Waals surface area contributed by atoms with E-state index in [4.69, 9.17) is 11.0 Å². The van der Waals surface area contributed by atoms with E-state index in [2.05, 4.69) is 9.97 Å². The molecule has 0 aliphatic rings. The van der Waals surface area contributed by atoms with Crippen LogP contribution in [-0.2, 0) is 0 Å². The van der Waals surface area contributed by atoms with Crippen LogP contribution in [0, 0.1) is 11.3 Å². The van der Waals surface area contributed by atoms with Gasteiger partial charge in [-0.3, -0.25) is 4.98 Å². The number of anilines is 1.